The van der Waals surface area contributed by atoms with Crippen LogP contribution in [-0.4, -0.2) is 42.1 Å². The molecule has 1 aromatic carbocycles. The number of urea groups is 1. The van der Waals surface area contributed by atoms with Gasteiger partial charge in [-0.2, -0.15) is 0 Å². The van der Waals surface area contributed by atoms with Crippen LogP contribution in [0, 0.1) is 0 Å². The van der Waals surface area contributed by atoms with Gasteiger partial charge in [0.2, 0.25) is 0 Å². The van der Waals surface area contributed by atoms with Crippen LogP contribution < -0.4 is 10.6 Å². The average molecular weight is 326 g/mol. The standard InChI is InChI=1S/C19H26N4O/c1-2-10-20-18(24)23-12-8-19(9-13-23)17-15(7-11-21-19)14-5-3-4-6-16(14)22-17/h3-6,21-22H,2,7-13H2,1H3,(H,20,24). The summed E-state index contributed by atoms with van der Waals surface area (Å²) in [5, 5.41) is 8.12. The van der Waals surface area contributed by atoms with Crippen LogP contribution in [-0.2, 0) is 12.0 Å². The number of nitrogens with zero attached hydrogens (tertiary/aromatic N) is 1. The van der Waals surface area contributed by atoms with Gasteiger partial charge in [-0.3, -0.25) is 0 Å². The molecule has 1 saturated heterocycles. The molecule has 2 aromatic rings. The van der Waals surface area contributed by atoms with Crippen LogP contribution >= 0.6 is 0 Å². The number of likely N-dealkylation sites (tertiary alicyclic amines) is 1. The second kappa shape index (κ2) is 6.13. The molecule has 0 atom stereocenters. The second-order valence-corrected chi connectivity index (χ2v) is 7.00. The van der Waals surface area contributed by atoms with Gasteiger partial charge in [-0.25, -0.2) is 4.79 Å². The number of nitrogens with one attached hydrogen (secondary N) is 3. The molecule has 5 nitrogen and oxygen atoms in total. The highest BCUT2D eigenvalue weighted by Crippen LogP contribution is 2.39. The molecule has 3 N–H and O–H groups in total. The number of aromatic nitrogens is 1. The lowest BCUT2D eigenvalue weighted by Gasteiger charge is -2.44. The van der Waals surface area contributed by atoms with Crippen molar-refractivity contribution in [2.45, 2.75) is 38.1 Å². The van der Waals surface area contributed by atoms with Crippen LogP contribution in [0.15, 0.2) is 24.3 Å². The predicted octanol–water partition coefficient (Wildman–Crippen LogP) is 2.72. The Morgan fingerprint density at radius 1 is 1.29 bits per heavy atom. The van der Waals surface area contributed by atoms with Crippen LogP contribution in [0.1, 0.15) is 37.4 Å². The van der Waals surface area contributed by atoms with Crippen molar-refractivity contribution in [3.05, 3.63) is 35.5 Å². The molecule has 5 heteroatoms. The molecule has 0 saturated carbocycles. The molecule has 0 aliphatic carbocycles. The fourth-order valence-corrected chi connectivity index (χ4v) is 4.25. The third-order valence-corrected chi connectivity index (χ3v) is 5.56. The number of piperidine rings is 1. The zero-order valence-corrected chi connectivity index (χ0v) is 14.3. The number of H-pyrrole nitrogens is 1. The van der Waals surface area contributed by atoms with Crippen molar-refractivity contribution in [3.8, 4) is 0 Å². The molecule has 1 spiro atoms. The van der Waals surface area contributed by atoms with Gasteiger partial charge in [-0.1, -0.05) is 25.1 Å². The van der Waals surface area contributed by atoms with Gasteiger partial charge in [0.25, 0.3) is 0 Å². The lowest BCUT2D eigenvalue weighted by atomic mass is 9.79. The Balaban J connectivity index is 1.57. The van der Waals surface area contributed by atoms with E-state index in [-0.39, 0.29) is 11.6 Å². The number of rotatable bonds is 2. The lowest BCUT2D eigenvalue weighted by molar-refractivity contribution is 0.135. The van der Waals surface area contributed by atoms with E-state index in [2.05, 4.69) is 46.8 Å². The van der Waals surface area contributed by atoms with Crippen molar-refractivity contribution >= 4 is 16.9 Å². The number of carbonyl (C=O) groups excluding carboxylic acids is 1. The van der Waals surface area contributed by atoms with Gasteiger partial charge in [-0.05, 0) is 37.3 Å². The van der Waals surface area contributed by atoms with E-state index in [1.807, 2.05) is 4.90 Å². The Morgan fingerprint density at radius 2 is 2.08 bits per heavy atom. The number of para-hydroxylation sites is 1. The first-order chi connectivity index (χ1) is 11.7. The molecule has 24 heavy (non-hydrogen) atoms. The quantitative estimate of drug-likeness (QED) is 0.795. The zero-order valence-electron chi connectivity index (χ0n) is 14.3. The summed E-state index contributed by atoms with van der Waals surface area (Å²) in [6, 6.07) is 8.67. The Morgan fingerprint density at radius 3 is 2.88 bits per heavy atom. The fraction of sp³-hybridized carbons (Fsp3) is 0.526. The van der Waals surface area contributed by atoms with Crippen LogP contribution in [0.25, 0.3) is 10.9 Å². The summed E-state index contributed by atoms with van der Waals surface area (Å²) < 4.78 is 0. The smallest absolute Gasteiger partial charge is 0.317 e. The molecule has 128 valence electrons. The minimum atomic E-state index is -0.00581. The summed E-state index contributed by atoms with van der Waals surface area (Å²) in [6.45, 7) is 5.45. The Kier molecular flexibility index (Phi) is 3.96. The maximum Gasteiger partial charge on any atom is 0.317 e. The first kappa shape index (κ1) is 15.5. The van der Waals surface area contributed by atoms with Crippen molar-refractivity contribution in [2.75, 3.05) is 26.2 Å². The maximum atomic E-state index is 12.2. The number of carbonyl (C=O) groups is 1. The normalized spacial score (nSPS) is 19.5. The molecule has 3 heterocycles. The highest BCUT2D eigenvalue weighted by atomic mass is 16.2. The zero-order chi connectivity index (χ0) is 16.6. The molecule has 0 radical (unpaired) electrons. The largest absolute Gasteiger partial charge is 0.357 e. The summed E-state index contributed by atoms with van der Waals surface area (Å²) in [7, 11) is 0. The van der Waals surface area contributed by atoms with E-state index >= 15 is 0 Å². The molecule has 2 aliphatic rings. The van der Waals surface area contributed by atoms with Crippen molar-refractivity contribution < 1.29 is 4.79 Å². The van der Waals surface area contributed by atoms with E-state index < -0.39 is 0 Å². The lowest BCUT2D eigenvalue weighted by Crippen LogP contribution is -2.56. The molecule has 4 rings (SSSR count). The van der Waals surface area contributed by atoms with E-state index in [0.717, 1.165) is 51.9 Å². The molecule has 2 amide bonds. The maximum absolute atomic E-state index is 12.2. The van der Waals surface area contributed by atoms with Gasteiger partial charge in [0.15, 0.2) is 0 Å². The number of aromatic amines is 1. The first-order valence-corrected chi connectivity index (χ1v) is 9.11. The van der Waals surface area contributed by atoms with Crippen molar-refractivity contribution in [1.82, 2.24) is 20.5 Å². The fourth-order valence-electron chi connectivity index (χ4n) is 4.25. The molecule has 0 unspecified atom stereocenters. The van der Waals surface area contributed by atoms with Crippen molar-refractivity contribution in [3.63, 3.8) is 0 Å². The first-order valence-electron chi connectivity index (χ1n) is 9.11. The molecular formula is C19H26N4O. The average Bonchev–Trinajstić information content (AvgIpc) is 3.01. The monoisotopic (exact) mass is 326 g/mol. The minimum absolute atomic E-state index is 0.00581. The summed E-state index contributed by atoms with van der Waals surface area (Å²) in [4.78, 5) is 17.8. The Labute approximate surface area is 142 Å². The summed E-state index contributed by atoms with van der Waals surface area (Å²) in [5.74, 6) is 0. The molecule has 0 bridgehead atoms. The summed E-state index contributed by atoms with van der Waals surface area (Å²) in [5.41, 5.74) is 4.04. The van der Waals surface area contributed by atoms with E-state index in [4.69, 9.17) is 0 Å². The molecule has 1 fully saturated rings. The minimum Gasteiger partial charge on any atom is -0.357 e. The van der Waals surface area contributed by atoms with Gasteiger partial charge >= 0.3 is 6.03 Å². The number of hydrogen-bond acceptors (Lipinski definition) is 2. The highest BCUT2D eigenvalue weighted by molar-refractivity contribution is 5.85. The van der Waals surface area contributed by atoms with Gasteiger partial charge in [0, 0.05) is 42.8 Å². The topological polar surface area (TPSA) is 60.2 Å². The third-order valence-electron chi connectivity index (χ3n) is 5.56. The summed E-state index contributed by atoms with van der Waals surface area (Å²) >= 11 is 0. The molecule has 1 aromatic heterocycles. The van der Waals surface area contributed by atoms with E-state index in [1.54, 1.807) is 0 Å². The number of hydrogen-bond donors (Lipinski definition) is 3. The highest BCUT2D eigenvalue weighted by Gasteiger charge is 2.41. The second-order valence-electron chi connectivity index (χ2n) is 7.00. The van der Waals surface area contributed by atoms with Crippen LogP contribution in [0.2, 0.25) is 0 Å². The third kappa shape index (κ3) is 2.47. The van der Waals surface area contributed by atoms with Crippen LogP contribution in [0.3, 0.4) is 0 Å². The van der Waals surface area contributed by atoms with Gasteiger partial charge in [0.1, 0.15) is 0 Å². The Bertz CT molecular complexity index is 743. The molecule has 2 aliphatic heterocycles. The van der Waals surface area contributed by atoms with Gasteiger partial charge in [-0.15, -0.1) is 0 Å². The molecular weight excluding hydrogens is 300 g/mol. The number of fused-ring (bicyclic) bond motifs is 4. The number of benzene rings is 1. The van der Waals surface area contributed by atoms with E-state index in [1.165, 1.54) is 22.2 Å². The van der Waals surface area contributed by atoms with Crippen molar-refractivity contribution in [2.24, 2.45) is 0 Å². The summed E-state index contributed by atoms with van der Waals surface area (Å²) in [6.07, 6.45) is 3.98. The van der Waals surface area contributed by atoms with Crippen LogP contribution in [0.4, 0.5) is 4.79 Å². The van der Waals surface area contributed by atoms with Crippen molar-refractivity contribution in [1.29, 1.82) is 0 Å². The van der Waals surface area contributed by atoms with Crippen LogP contribution in [0.5, 0.6) is 0 Å². The van der Waals surface area contributed by atoms with Gasteiger partial charge < -0.3 is 20.5 Å². The Hall–Kier alpha value is -2.01. The van der Waals surface area contributed by atoms with E-state index in [9.17, 15) is 4.79 Å². The van der Waals surface area contributed by atoms with Gasteiger partial charge in [0.05, 0.1) is 5.54 Å². The SMILES string of the molecule is CCCNC(=O)N1CCC2(CC1)NCCc1c2[nH]c2ccccc12. The number of amides is 2. The predicted molar refractivity (Wildman–Crippen MR) is 96.2 cm³/mol. The van der Waals surface area contributed by atoms with E-state index in [0.29, 0.717) is 0 Å².